The molecule has 0 radical (unpaired) electrons. The van der Waals surface area contributed by atoms with Gasteiger partial charge in [-0.1, -0.05) is 0 Å². The van der Waals surface area contributed by atoms with E-state index in [1.807, 2.05) is 0 Å². The van der Waals surface area contributed by atoms with Gasteiger partial charge in [0, 0.05) is 5.56 Å². The van der Waals surface area contributed by atoms with Gasteiger partial charge in [-0.3, -0.25) is 9.88 Å². The molecule has 1 aromatic carbocycles. The van der Waals surface area contributed by atoms with Crippen LogP contribution >= 0.6 is 0 Å². The molecule has 0 atom stereocenters. The van der Waals surface area contributed by atoms with Gasteiger partial charge in [-0.15, -0.1) is 0 Å². The van der Waals surface area contributed by atoms with E-state index in [1.165, 1.54) is 25.4 Å². The number of nitrogens with zero attached hydrogens (tertiary/aromatic N) is 2. The molecular weight excluding hydrogens is 454 g/mol. The molecule has 1 aliphatic rings. The average molecular weight is 476 g/mol. The van der Waals surface area contributed by atoms with Crippen molar-refractivity contribution in [3.63, 3.8) is 0 Å². The first-order valence-electron chi connectivity index (χ1n) is 10.1. The lowest BCUT2D eigenvalue weighted by molar-refractivity contribution is -0.287. The lowest BCUT2D eigenvalue weighted by Crippen LogP contribution is -2.49. The topological polar surface area (TPSA) is 51.7 Å². The van der Waals surface area contributed by atoms with Crippen LogP contribution in [0.2, 0.25) is 0 Å². The molecule has 5 nitrogen and oxygen atoms in total. The molecule has 3 rings (SSSR count). The quantitative estimate of drug-likeness (QED) is 0.418. The standard InChI is InChI=1S/C22H22F6N2O3/c1-32-20(31)15-2-4-17(18(23)10-15)19-5-3-16(11-29-19)33-12-14-6-8-30(9-7-14)13-21(24,25)22(26,27)28/h2-5,10-11,14H,6-9,12-13H2,1H3. The molecule has 2 heterocycles. The van der Waals surface area contributed by atoms with Crippen LogP contribution in [-0.4, -0.2) is 61.3 Å². The summed E-state index contributed by atoms with van der Waals surface area (Å²) in [4.78, 5) is 16.8. The maximum absolute atomic E-state index is 14.3. The van der Waals surface area contributed by atoms with Crippen molar-refractivity contribution >= 4 is 5.97 Å². The Bertz CT molecular complexity index is 958. The van der Waals surface area contributed by atoms with Crippen LogP contribution in [0.3, 0.4) is 0 Å². The number of pyridine rings is 1. The van der Waals surface area contributed by atoms with Gasteiger partial charge in [0.05, 0.1) is 37.7 Å². The van der Waals surface area contributed by atoms with Gasteiger partial charge in [0.1, 0.15) is 11.6 Å². The summed E-state index contributed by atoms with van der Waals surface area (Å²) in [6, 6.07) is 7.04. The second kappa shape index (κ2) is 9.98. The molecule has 0 amide bonds. The Morgan fingerprint density at radius 3 is 2.36 bits per heavy atom. The van der Waals surface area contributed by atoms with Crippen LogP contribution in [0.25, 0.3) is 11.3 Å². The highest BCUT2D eigenvalue weighted by Crippen LogP contribution is 2.36. The van der Waals surface area contributed by atoms with Gasteiger partial charge >= 0.3 is 18.1 Å². The summed E-state index contributed by atoms with van der Waals surface area (Å²) in [5.41, 5.74) is 0.597. The summed E-state index contributed by atoms with van der Waals surface area (Å²) < 4.78 is 88.0. The molecule has 1 fully saturated rings. The fourth-order valence-electron chi connectivity index (χ4n) is 3.49. The summed E-state index contributed by atoms with van der Waals surface area (Å²) in [5.74, 6) is -5.61. The summed E-state index contributed by atoms with van der Waals surface area (Å²) in [5, 5.41) is 0. The van der Waals surface area contributed by atoms with E-state index >= 15 is 0 Å². The Hall–Kier alpha value is -2.82. The zero-order chi connectivity index (χ0) is 24.2. The highest BCUT2D eigenvalue weighted by Gasteiger charge is 2.58. The SMILES string of the molecule is COC(=O)c1ccc(-c2ccc(OCC3CCN(CC(F)(F)C(F)(F)F)CC3)cn2)c(F)c1. The lowest BCUT2D eigenvalue weighted by Gasteiger charge is -2.34. The van der Waals surface area contributed by atoms with Crippen molar-refractivity contribution in [3.8, 4) is 17.0 Å². The lowest BCUT2D eigenvalue weighted by atomic mass is 9.97. The van der Waals surface area contributed by atoms with Crippen LogP contribution in [0.5, 0.6) is 5.75 Å². The number of halogens is 6. The van der Waals surface area contributed by atoms with E-state index in [0.29, 0.717) is 24.3 Å². The van der Waals surface area contributed by atoms with Gasteiger partial charge in [-0.25, -0.2) is 9.18 Å². The minimum absolute atomic E-state index is 0.00347. The number of aromatic nitrogens is 1. The third-order valence-corrected chi connectivity index (χ3v) is 5.43. The van der Waals surface area contributed by atoms with Gasteiger partial charge in [0.25, 0.3) is 0 Å². The Kier molecular flexibility index (Phi) is 7.51. The first-order chi connectivity index (χ1) is 15.5. The van der Waals surface area contributed by atoms with E-state index in [0.717, 1.165) is 11.0 Å². The number of hydrogen-bond acceptors (Lipinski definition) is 5. The molecule has 2 aromatic rings. The van der Waals surface area contributed by atoms with Crippen LogP contribution in [0.15, 0.2) is 36.5 Å². The van der Waals surface area contributed by atoms with Crippen LogP contribution in [-0.2, 0) is 4.74 Å². The van der Waals surface area contributed by atoms with Gasteiger partial charge in [0.15, 0.2) is 0 Å². The number of rotatable bonds is 7. The highest BCUT2D eigenvalue weighted by atomic mass is 19.4. The molecule has 0 spiro atoms. The van der Waals surface area contributed by atoms with Crippen LogP contribution < -0.4 is 4.74 Å². The van der Waals surface area contributed by atoms with Crippen LogP contribution in [0.1, 0.15) is 23.2 Å². The largest absolute Gasteiger partial charge is 0.492 e. The van der Waals surface area contributed by atoms with Crippen LogP contribution in [0, 0.1) is 11.7 Å². The molecular formula is C22H22F6N2O3. The number of ether oxygens (including phenoxy) is 2. The number of carbonyl (C=O) groups is 1. The predicted molar refractivity (Wildman–Crippen MR) is 107 cm³/mol. The van der Waals surface area contributed by atoms with Gasteiger partial charge in [0.2, 0.25) is 0 Å². The third-order valence-electron chi connectivity index (χ3n) is 5.43. The predicted octanol–water partition coefficient (Wildman–Crippen LogP) is 4.96. The second-order valence-electron chi connectivity index (χ2n) is 7.80. The number of esters is 1. The molecule has 0 N–H and O–H groups in total. The van der Waals surface area contributed by atoms with Crippen molar-refractivity contribution in [3.05, 3.63) is 47.9 Å². The fourth-order valence-corrected chi connectivity index (χ4v) is 3.49. The van der Waals surface area contributed by atoms with Gasteiger partial charge in [-0.05, 0) is 62.2 Å². The number of benzene rings is 1. The number of methoxy groups -OCH3 is 1. The summed E-state index contributed by atoms with van der Waals surface area (Å²) in [6.07, 6.45) is -3.30. The monoisotopic (exact) mass is 476 g/mol. The van der Waals surface area contributed by atoms with Gasteiger partial charge < -0.3 is 9.47 Å². The molecule has 0 saturated carbocycles. The smallest absolute Gasteiger partial charge is 0.454 e. The molecule has 1 saturated heterocycles. The summed E-state index contributed by atoms with van der Waals surface area (Å²) in [7, 11) is 1.20. The molecule has 180 valence electrons. The first kappa shape index (κ1) is 24.8. The molecule has 0 unspecified atom stereocenters. The molecule has 0 aliphatic carbocycles. The molecule has 1 aliphatic heterocycles. The minimum Gasteiger partial charge on any atom is -0.492 e. The van der Waals surface area contributed by atoms with Gasteiger partial charge in [-0.2, -0.15) is 22.0 Å². The van der Waals surface area contributed by atoms with Crippen molar-refractivity contribution in [1.29, 1.82) is 0 Å². The first-order valence-corrected chi connectivity index (χ1v) is 10.1. The third kappa shape index (κ3) is 6.16. The van der Waals surface area contributed by atoms with E-state index in [4.69, 9.17) is 4.74 Å². The second-order valence-corrected chi connectivity index (χ2v) is 7.80. The average Bonchev–Trinajstić information content (AvgIpc) is 2.77. The number of hydrogen-bond donors (Lipinski definition) is 0. The zero-order valence-electron chi connectivity index (χ0n) is 17.7. The van der Waals surface area contributed by atoms with Crippen molar-refractivity contribution in [2.45, 2.75) is 24.9 Å². The number of piperidine rings is 1. The van der Waals surface area contributed by atoms with Crippen molar-refractivity contribution in [1.82, 2.24) is 9.88 Å². The Balaban J connectivity index is 1.50. The molecule has 0 bridgehead atoms. The fraction of sp³-hybridized carbons (Fsp3) is 0.455. The highest BCUT2D eigenvalue weighted by molar-refractivity contribution is 5.90. The molecule has 11 heteroatoms. The summed E-state index contributed by atoms with van der Waals surface area (Å²) in [6.45, 7) is -0.838. The normalized spacial score (nSPS) is 16.0. The molecule has 1 aromatic heterocycles. The zero-order valence-corrected chi connectivity index (χ0v) is 17.7. The molecule has 33 heavy (non-hydrogen) atoms. The van der Waals surface area contributed by atoms with Crippen molar-refractivity contribution in [2.75, 3.05) is 33.4 Å². The van der Waals surface area contributed by atoms with E-state index in [1.54, 1.807) is 12.1 Å². The maximum Gasteiger partial charge on any atom is 0.454 e. The van der Waals surface area contributed by atoms with Crippen LogP contribution in [0.4, 0.5) is 26.3 Å². The number of likely N-dealkylation sites (tertiary alicyclic amines) is 1. The Labute approximate surface area is 186 Å². The maximum atomic E-state index is 14.3. The van der Waals surface area contributed by atoms with E-state index in [-0.39, 0.29) is 36.7 Å². The Morgan fingerprint density at radius 1 is 1.12 bits per heavy atom. The van der Waals surface area contributed by atoms with E-state index in [9.17, 15) is 31.1 Å². The minimum atomic E-state index is -5.56. The van der Waals surface area contributed by atoms with E-state index < -0.39 is 30.4 Å². The van der Waals surface area contributed by atoms with Crippen molar-refractivity contribution in [2.24, 2.45) is 5.92 Å². The summed E-state index contributed by atoms with van der Waals surface area (Å²) >= 11 is 0. The van der Waals surface area contributed by atoms with Crippen molar-refractivity contribution < 1.29 is 40.6 Å². The van der Waals surface area contributed by atoms with E-state index in [2.05, 4.69) is 9.72 Å². The Morgan fingerprint density at radius 2 is 1.82 bits per heavy atom. The number of alkyl halides is 5. The number of carbonyl (C=O) groups excluding carboxylic acids is 1.